The number of aryl methyl sites for hydroxylation is 2. The van der Waals surface area contributed by atoms with E-state index in [0.29, 0.717) is 5.78 Å². The zero-order valence-corrected chi connectivity index (χ0v) is 13.4. The fraction of sp³-hybridized carbons (Fsp3) is 0.611. The number of rotatable bonds is 3. The Morgan fingerprint density at radius 2 is 1.80 bits per heavy atom. The van der Waals surface area contributed by atoms with E-state index in [0.717, 1.165) is 35.3 Å². The predicted octanol–water partition coefficient (Wildman–Crippen LogP) is 4.71. The molecule has 0 heterocycles. The molecule has 0 aliphatic heterocycles. The summed E-state index contributed by atoms with van der Waals surface area (Å²) in [6, 6.07) is 3.97. The summed E-state index contributed by atoms with van der Waals surface area (Å²) in [6.07, 6.45) is 4.60. The zero-order chi connectivity index (χ0) is 14.9. The van der Waals surface area contributed by atoms with Crippen LogP contribution in [0.3, 0.4) is 0 Å². The van der Waals surface area contributed by atoms with E-state index in [9.17, 15) is 4.79 Å². The normalized spacial score (nSPS) is 21.6. The summed E-state index contributed by atoms with van der Waals surface area (Å²) in [5.41, 5.74) is 3.06. The molecule has 0 amide bonds. The highest BCUT2D eigenvalue weighted by atomic mass is 16.5. The van der Waals surface area contributed by atoms with E-state index >= 15 is 0 Å². The van der Waals surface area contributed by atoms with E-state index in [1.165, 1.54) is 12.8 Å². The van der Waals surface area contributed by atoms with E-state index in [-0.39, 0.29) is 11.3 Å². The van der Waals surface area contributed by atoms with Gasteiger partial charge in [-0.3, -0.25) is 4.79 Å². The van der Waals surface area contributed by atoms with Crippen molar-refractivity contribution >= 4 is 5.78 Å². The van der Waals surface area contributed by atoms with Gasteiger partial charge in [-0.05, 0) is 55.4 Å². The van der Waals surface area contributed by atoms with Gasteiger partial charge < -0.3 is 4.74 Å². The lowest BCUT2D eigenvalue weighted by Crippen LogP contribution is -2.34. The van der Waals surface area contributed by atoms with Crippen molar-refractivity contribution in [2.45, 2.75) is 53.4 Å². The lowest BCUT2D eigenvalue weighted by atomic mass is 9.66. The largest absolute Gasteiger partial charge is 0.496 e. The summed E-state index contributed by atoms with van der Waals surface area (Å²) in [6.45, 7) is 8.49. The molecule has 0 aromatic heterocycles. The Bertz CT molecular complexity index is 491. The third-order valence-corrected chi connectivity index (χ3v) is 4.77. The highest BCUT2D eigenvalue weighted by molar-refractivity contribution is 5.99. The van der Waals surface area contributed by atoms with Crippen LogP contribution < -0.4 is 4.74 Å². The molecule has 1 saturated carbocycles. The van der Waals surface area contributed by atoms with Crippen molar-refractivity contribution in [3.05, 3.63) is 28.8 Å². The molecule has 110 valence electrons. The van der Waals surface area contributed by atoms with Gasteiger partial charge in [0.05, 0.1) is 7.11 Å². The van der Waals surface area contributed by atoms with Crippen LogP contribution in [0.25, 0.3) is 0 Å². The van der Waals surface area contributed by atoms with Crippen LogP contribution in [-0.4, -0.2) is 12.9 Å². The fourth-order valence-corrected chi connectivity index (χ4v) is 3.60. The maximum atomic E-state index is 12.9. The Balaban J connectivity index is 2.34. The molecule has 1 atom stereocenters. The predicted molar refractivity (Wildman–Crippen MR) is 82.5 cm³/mol. The van der Waals surface area contributed by atoms with Crippen molar-refractivity contribution in [2.75, 3.05) is 7.11 Å². The van der Waals surface area contributed by atoms with Crippen LogP contribution in [0.1, 0.15) is 61.0 Å². The molecule has 1 unspecified atom stereocenters. The SMILES string of the molecule is COc1c(C)cc(C(=O)C2CCCCC2(C)C)cc1C. The topological polar surface area (TPSA) is 26.3 Å². The summed E-state index contributed by atoms with van der Waals surface area (Å²) < 4.78 is 5.39. The Morgan fingerprint density at radius 1 is 1.20 bits per heavy atom. The summed E-state index contributed by atoms with van der Waals surface area (Å²) >= 11 is 0. The minimum Gasteiger partial charge on any atom is -0.496 e. The number of carbonyl (C=O) groups is 1. The van der Waals surface area contributed by atoms with Crippen molar-refractivity contribution in [3.8, 4) is 5.75 Å². The minimum absolute atomic E-state index is 0.122. The summed E-state index contributed by atoms with van der Waals surface area (Å²) in [7, 11) is 1.68. The second-order valence-electron chi connectivity index (χ2n) is 6.79. The van der Waals surface area contributed by atoms with Crippen LogP contribution in [0.5, 0.6) is 5.75 Å². The summed E-state index contributed by atoms with van der Waals surface area (Å²) in [5.74, 6) is 1.36. The van der Waals surface area contributed by atoms with Crippen LogP contribution in [-0.2, 0) is 0 Å². The number of ether oxygens (including phenoxy) is 1. The van der Waals surface area contributed by atoms with Gasteiger partial charge in [-0.1, -0.05) is 26.7 Å². The quantitative estimate of drug-likeness (QED) is 0.746. The molecule has 20 heavy (non-hydrogen) atoms. The van der Waals surface area contributed by atoms with Gasteiger partial charge in [-0.25, -0.2) is 0 Å². The maximum absolute atomic E-state index is 12.9. The van der Waals surface area contributed by atoms with Gasteiger partial charge in [-0.15, -0.1) is 0 Å². The van der Waals surface area contributed by atoms with Gasteiger partial charge in [0.25, 0.3) is 0 Å². The van der Waals surface area contributed by atoms with E-state index in [1.54, 1.807) is 7.11 Å². The maximum Gasteiger partial charge on any atom is 0.166 e. The average Bonchev–Trinajstić information content (AvgIpc) is 2.37. The first-order chi connectivity index (χ1) is 9.36. The number of ketones is 1. The molecule has 2 nitrogen and oxygen atoms in total. The molecule has 2 heteroatoms. The zero-order valence-electron chi connectivity index (χ0n) is 13.4. The Hall–Kier alpha value is -1.31. The smallest absolute Gasteiger partial charge is 0.166 e. The Morgan fingerprint density at radius 3 is 2.30 bits per heavy atom. The fourth-order valence-electron chi connectivity index (χ4n) is 3.60. The van der Waals surface area contributed by atoms with Crippen molar-refractivity contribution < 1.29 is 9.53 Å². The van der Waals surface area contributed by atoms with Gasteiger partial charge in [0, 0.05) is 11.5 Å². The number of hydrogen-bond donors (Lipinski definition) is 0. The molecule has 1 aromatic rings. The van der Waals surface area contributed by atoms with Crippen molar-refractivity contribution in [1.82, 2.24) is 0 Å². The van der Waals surface area contributed by atoms with Crippen LogP contribution >= 0.6 is 0 Å². The summed E-state index contributed by atoms with van der Waals surface area (Å²) in [4.78, 5) is 12.9. The van der Waals surface area contributed by atoms with Crippen molar-refractivity contribution in [3.63, 3.8) is 0 Å². The lowest BCUT2D eigenvalue weighted by molar-refractivity contribution is 0.0697. The number of carbonyl (C=O) groups excluding carboxylic acids is 1. The Labute approximate surface area is 122 Å². The minimum atomic E-state index is 0.122. The third kappa shape index (κ3) is 2.74. The molecule has 2 rings (SSSR count). The first-order valence-corrected chi connectivity index (χ1v) is 7.56. The van der Waals surface area contributed by atoms with Gasteiger partial charge in [0.15, 0.2) is 5.78 Å². The van der Waals surface area contributed by atoms with E-state index in [1.807, 2.05) is 26.0 Å². The molecule has 0 N–H and O–H groups in total. The van der Waals surface area contributed by atoms with Gasteiger partial charge in [0.2, 0.25) is 0 Å². The first kappa shape index (κ1) is 15.1. The Kier molecular flexibility index (Phi) is 4.22. The molecule has 0 radical (unpaired) electrons. The first-order valence-electron chi connectivity index (χ1n) is 7.56. The number of Topliss-reactive ketones (excluding diaryl/α,β-unsaturated/α-hetero) is 1. The lowest BCUT2D eigenvalue weighted by Gasteiger charge is -2.37. The van der Waals surface area contributed by atoms with Crippen LogP contribution in [0.15, 0.2) is 12.1 Å². The highest BCUT2D eigenvalue weighted by Gasteiger charge is 2.37. The average molecular weight is 274 g/mol. The molecule has 1 fully saturated rings. The second-order valence-corrected chi connectivity index (χ2v) is 6.79. The molecule has 0 saturated heterocycles. The standard InChI is InChI=1S/C18H26O2/c1-12-10-14(11-13(2)17(12)20-5)16(19)15-8-6-7-9-18(15,3)4/h10-11,15H,6-9H2,1-5H3. The third-order valence-electron chi connectivity index (χ3n) is 4.77. The molecule has 1 aromatic carbocycles. The van der Waals surface area contributed by atoms with Crippen LogP contribution in [0.4, 0.5) is 0 Å². The molecule has 1 aliphatic carbocycles. The van der Waals surface area contributed by atoms with Crippen molar-refractivity contribution in [1.29, 1.82) is 0 Å². The van der Waals surface area contributed by atoms with E-state index < -0.39 is 0 Å². The van der Waals surface area contributed by atoms with Gasteiger partial charge in [-0.2, -0.15) is 0 Å². The van der Waals surface area contributed by atoms with Gasteiger partial charge in [0.1, 0.15) is 5.75 Å². The number of hydrogen-bond acceptors (Lipinski definition) is 2. The van der Waals surface area contributed by atoms with E-state index in [2.05, 4.69) is 13.8 Å². The van der Waals surface area contributed by atoms with Crippen LogP contribution in [0, 0.1) is 25.2 Å². The molecule has 0 bridgehead atoms. The van der Waals surface area contributed by atoms with E-state index in [4.69, 9.17) is 4.74 Å². The van der Waals surface area contributed by atoms with Crippen LogP contribution in [0.2, 0.25) is 0 Å². The molecule has 0 spiro atoms. The van der Waals surface area contributed by atoms with Gasteiger partial charge >= 0.3 is 0 Å². The molecular weight excluding hydrogens is 248 g/mol. The number of methoxy groups -OCH3 is 1. The monoisotopic (exact) mass is 274 g/mol. The number of benzene rings is 1. The highest BCUT2D eigenvalue weighted by Crippen LogP contribution is 2.42. The second kappa shape index (κ2) is 5.59. The molecular formula is C18H26O2. The summed E-state index contributed by atoms with van der Waals surface area (Å²) in [5, 5.41) is 0. The molecule has 1 aliphatic rings. The van der Waals surface area contributed by atoms with Crippen molar-refractivity contribution in [2.24, 2.45) is 11.3 Å².